The number of rotatable bonds is 4. The Morgan fingerprint density at radius 3 is 2.80 bits per heavy atom. The first-order chi connectivity index (χ1) is 14.3. The summed E-state index contributed by atoms with van der Waals surface area (Å²) in [6.07, 6.45) is 0.0262. The minimum atomic E-state index is -3.23. The molecule has 0 N–H and O–H groups in total. The van der Waals surface area contributed by atoms with Gasteiger partial charge in [-0.3, -0.25) is 4.79 Å². The van der Waals surface area contributed by atoms with Crippen molar-refractivity contribution >= 4 is 54.3 Å². The van der Waals surface area contributed by atoms with Crippen molar-refractivity contribution in [2.75, 3.05) is 23.5 Å². The maximum Gasteiger partial charge on any atom is 0.252 e. The first-order valence-corrected chi connectivity index (χ1v) is 12.6. The lowest BCUT2D eigenvalue weighted by atomic mass is 10.1. The number of amidine groups is 1. The van der Waals surface area contributed by atoms with Gasteiger partial charge in [0.1, 0.15) is 11.6 Å². The van der Waals surface area contributed by atoms with Gasteiger partial charge in [0.05, 0.1) is 36.8 Å². The van der Waals surface area contributed by atoms with Crippen molar-refractivity contribution in [2.45, 2.75) is 17.7 Å². The third-order valence-electron chi connectivity index (χ3n) is 4.99. The van der Waals surface area contributed by atoms with E-state index >= 15 is 0 Å². The number of thioether (sulfide) groups is 1. The first-order valence-electron chi connectivity index (χ1n) is 9.12. The van der Waals surface area contributed by atoms with Crippen LogP contribution in [0, 0.1) is 5.82 Å². The van der Waals surface area contributed by atoms with Gasteiger partial charge in [0.25, 0.3) is 5.91 Å². The van der Waals surface area contributed by atoms with Gasteiger partial charge >= 0.3 is 0 Å². The van der Waals surface area contributed by atoms with Crippen LogP contribution in [0.25, 0.3) is 0 Å². The van der Waals surface area contributed by atoms with E-state index in [2.05, 4.69) is 20.9 Å². The Balaban J connectivity index is 1.68. The second-order valence-electron chi connectivity index (χ2n) is 7.04. The summed E-state index contributed by atoms with van der Waals surface area (Å²) < 4.78 is 44.8. The number of nitrogens with zero attached hydrogens (tertiary/aromatic N) is 2. The van der Waals surface area contributed by atoms with Gasteiger partial charge < -0.3 is 9.64 Å². The van der Waals surface area contributed by atoms with Gasteiger partial charge in [0.15, 0.2) is 15.0 Å². The summed E-state index contributed by atoms with van der Waals surface area (Å²) in [7, 11) is -1.70. The number of benzene rings is 2. The first kappa shape index (κ1) is 21.3. The van der Waals surface area contributed by atoms with Crippen LogP contribution >= 0.6 is 27.7 Å². The van der Waals surface area contributed by atoms with Crippen LogP contribution in [0.15, 0.2) is 51.9 Å². The second kappa shape index (κ2) is 8.32. The van der Waals surface area contributed by atoms with Gasteiger partial charge in [-0.25, -0.2) is 12.8 Å². The number of aliphatic imine (C=N–C) groups is 1. The van der Waals surface area contributed by atoms with Crippen molar-refractivity contribution in [2.24, 2.45) is 4.99 Å². The molecule has 2 atom stereocenters. The fourth-order valence-electron chi connectivity index (χ4n) is 3.68. The van der Waals surface area contributed by atoms with Crippen LogP contribution in [0.3, 0.4) is 0 Å². The molecule has 0 aromatic heterocycles. The largest absolute Gasteiger partial charge is 0.496 e. The molecule has 0 aliphatic carbocycles. The summed E-state index contributed by atoms with van der Waals surface area (Å²) in [5.41, 5.74) is 0.903. The van der Waals surface area contributed by atoms with E-state index in [0.29, 0.717) is 21.0 Å². The monoisotopic (exact) mass is 512 g/mol. The SMILES string of the molecule is COc1ccccc1CC(=O)N=C1S[C@@H]2CS(=O)(=O)C[C@@H]2N1c1ccc(Br)cc1F. The molecule has 1 amide bonds. The van der Waals surface area contributed by atoms with Gasteiger partial charge in [-0.05, 0) is 24.3 Å². The molecule has 2 aliphatic heterocycles. The standard InChI is InChI=1S/C20H18BrFN2O4S2/c1-28-17-5-3-2-4-12(17)8-19(25)23-20-24(15-7-6-13(21)9-14(15)22)16-10-30(26,27)11-18(16)29-20/h2-7,9,16,18H,8,10-11H2,1H3/t16-,18+/m0/s1. The Morgan fingerprint density at radius 2 is 2.07 bits per heavy atom. The number of halogens is 2. The minimum absolute atomic E-state index is 0.0172. The number of fused-ring (bicyclic) bond motifs is 1. The summed E-state index contributed by atoms with van der Waals surface area (Å²) in [6.45, 7) is 0. The van der Waals surface area contributed by atoms with Crippen LogP contribution < -0.4 is 9.64 Å². The van der Waals surface area contributed by atoms with Crippen LogP contribution in [0.5, 0.6) is 5.75 Å². The molecule has 0 unspecified atom stereocenters. The predicted molar refractivity (Wildman–Crippen MR) is 120 cm³/mol. The third-order valence-corrected chi connectivity index (χ3v) is 8.69. The number of ether oxygens (including phenoxy) is 1. The highest BCUT2D eigenvalue weighted by Crippen LogP contribution is 2.42. The van der Waals surface area contributed by atoms with Crippen molar-refractivity contribution < 1.29 is 22.3 Å². The molecule has 0 spiro atoms. The molecule has 2 aromatic carbocycles. The van der Waals surface area contributed by atoms with Gasteiger partial charge in [-0.15, -0.1) is 0 Å². The summed E-state index contributed by atoms with van der Waals surface area (Å²) in [4.78, 5) is 18.5. The lowest BCUT2D eigenvalue weighted by Gasteiger charge is -2.25. The summed E-state index contributed by atoms with van der Waals surface area (Å²) >= 11 is 4.44. The Bertz CT molecular complexity index is 1140. The molecular formula is C20H18BrFN2O4S2. The number of sulfone groups is 1. The normalized spacial score (nSPS) is 23.6. The van der Waals surface area contributed by atoms with Gasteiger partial charge in [0, 0.05) is 15.3 Å². The average molecular weight is 513 g/mol. The zero-order chi connectivity index (χ0) is 21.5. The number of carbonyl (C=O) groups excluding carboxylic acids is 1. The Labute approximate surface area is 186 Å². The summed E-state index contributed by atoms with van der Waals surface area (Å²) in [5, 5.41) is 0.0249. The number of para-hydroxylation sites is 1. The molecule has 158 valence electrons. The number of anilines is 1. The van der Waals surface area contributed by atoms with E-state index in [9.17, 15) is 17.6 Å². The molecule has 2 heterocycles. The van der Waals surface area contributed by atoms with Crippen molar-refractivity contribution in [1.29, 1.82) is 0 Å². The predicted octanol–water partition coefficient (Wildman–Crippen LogP) is 3.44. The number of hydrogen-bond acceptors (Lipinski definition) is 5. The van der Waals surface area contributed by atoms with E-state index < -0.39 is 27.6 Å². The number of methoxy groups -OCH3 is 1. The van der Waals surface area contributed by atoms with Crippen molar-refractivity contribution in [1.82, 2.24) is 0 Å². The second-order valence-corrected chi connectivity index (χ2v) is 11.3. The van der Waals surface area contributed by atoms with Crippen LogP contribution in [-0.4, -0.2) is 49.4 Å². The highest BCUT2D eigenvalue weighted by atomic mass is 79.9. The summed E-state index contributed by atoms with van der Waals surface area (Å²) in [6, 6.07) is 11.2. The van der Waals surface area contributed by atoms with Crippen LogP contribution in [0.2, 0.25) is 0 Å². The molecule has 10 heteroatoms. The number of amides is 1. The van der Waals surface area contributed by atoms with Crippen LogP contribution in [-0.2, 0) is 21.1 Å². The van der Waals surface area contributed by atoms with Crippen LogP contribution in [0.4, 0.5) is 10.1 Å². The van der Waals surface area contributed by atoms with Gasteiger partial charge in [-0.2, -0.15) is 4.99 Å². The molecular weight excluding hydrogens is 495 g/mol. The van der Waals surface area contributed by atoms with Crippen LogP contribution in [0.1, 0.15) is 5.56 Å². The molecule has 2 aromatic rings. The molecule has 4 rings (SSSR count). The molecule has 2 aliphatic rings. The zero-order valence-corrected chi connectivity index (χ0v) is 19.1. The highest BCUT2D eigenvalue weighted by Gasteiger charge is 2.50. The lowest BCUT2D eigenvalue weighted by Crippen LogP contribution is -2.38. The molecule has 6 nitrogen and oxygen atoms in total. The Morgan fingerprint density at radius 1 is 1.30 bits per heavy atom. The quantitative estimate of drug-likeness (QED) is 0.624. The Kier molecular flexibility index (Phi) is 5.91. The molecule has 2 saturated heterocycles. The van der Waals surface area contributed by atoms with Gasteiger partial charge in [-0.1, -0.05) is 45.9 Å². The maximum atomic E-state index is 14.7. The van der Waals surface area contributed by atoms with Gasteiger partial charge in [0.2, 0.25) is 0 Å². The Hall–Kier alpha value is -1.91. The zero-order valence-electron chi connectivity index (χ0n) is 15.9. The lowest BCUT2D eigenvalue weighted by molar-refractivity contribution is -0.117. The molecule has 2 fully saturated rings. The minimum Gasteiger partial charge on any atom is -0.496 e. The van der Waals surface area contributed by atoms with E-state index in [1.54, 1.807) is 35.2 Å². The average Bonchev–Trinajstić information content (AvgIpc) is 3.13. The highest BCUT2D eigenvalue weighted by molar-refractivity contribution is 9.10. The fourth-order valence-corrected chi connectivity index (χ4v) is 7.94. The third kappa shape index (κ3) is 4.26. The number of hydrogen-bond donors (Lipinski definition) is 0. The number of carbonyl (C=O) groups is 1. The van der Waals surface area contributed by atoms with Crippen molar-refractivity contribution in [3.8, 4) is 5.75 Å². The molecule has 0 radical (unpaired) electrons. The van der Waals surface area contributed by atoms with E-state index in [-0.39, 0.29) is 28.9 Å². The molecule has 30 heavy (non-hydrogen) atoms. The van der Waals surface area contributed by atoms with E-state index in [1.165, 1.54) is 24.9 Å². The van der Waals surface area contributed by atoms with E-state index in [4.69, 9.17) is 4.74 Å². The van der Waals surface area contributed by atoms with Crippen molar-refractivity contribution in [3.05, 3.63) is 58.3 Å². The molecule has 0 saturated carbocycles. The van der Waals surface area contributed by atoms with E-state index in [1.807, 2.05) is 6.07 Å². The topological polar surface area (TPSA) is 76.0 Å². The fraction of sp³-hybridized carbons (Fsp3) is 0.300. The van der Waals surface area contributed by atoms with E-state index in [0.717, 1.165) is 0 Å². The summed E-state index contributed by atoms with van der Waals surface area (Å²) in [5.74, 6) is -0.451. The van der Waals surface area contributed by atoms with Crippen molar-refractivity contribution in [3.63, 3.8) is 0 Å². The molecule has 0 bridgehead atoms. The maximum absolute atomic E-state index is 14.7. The smallest absolute Gasteiger partial charge is 0.252 e.